The maximum atomic E-state index is 9.20. The minimum absolute atomic E-state index is 0.0934. The largest absolute Gasteiger partial charge is 0.459 e. The number of aromatic nitrogens is 2. The van der Waals surface area contributed by atoms with Crippen LogP contribution in [0.2, 0.25) is 0 Å². The minimum atomic E-state index is -0.0934. The second kappa shape index (κ2) is 7.50. The first-order valence-corrected chi connectivity index (χ1v) is 10.2. The molecule has 3 aromatic heterocycles. The van der Waals surface area contributed by atoms with Crippen LogP contribution in [0.1, 0.15) is 37.1 Å². The standard InChI is InChI=1S/C24H25N3O2/c1-17(26-12-2-3-13-26)18-4-6-19(7-5-18)22-15-27-14-20(8-11-24(27)25-22)23-10-9-21(16-28)29-23/h4-11,14-15,17,28H,2-3,12-13,16H2,1H3. The van der Waals surface area contributed by atoms with Gasteiger partial charge < -0.3 is 13.9 Å². The van der Waals surface area contributed by atoms with Crippen molar-refractivity contribution in [2.45, 2.75) is 32.4 Å². The number of likely N-dealkylation sites (tertiary alicyclic amines) is 1. The molecule has 1 fully saturated rings. The first kappa shape index (κ1) is 18.2. The zero-order valence-corrected chi connectivity index (χ0v) is 16.6. The highest BCUT2D eigenvalue weighted by atomic mass is 16.4. The van der Waals surface area contributed by atoms with Gasteiger partial charge in [0, 0.05) is 29.6 Å². The Hall–Kier alpha value is -2.89. The van der Waals surface area contributed by atoms with E-state index in [1.807, 2.05) is 35.0 Å². The molecule has 4 heterocycles. The van der Waals surface area contributed by atoms with Gasteiger partial charge in [0.05, 0.1) is 5.69 Å². The molecular weight excluding hydrogens is 362 g/mol. The van der Waals surface area contributed by atoms with Crippen molar-refractivity contribution in [3.8, 4) is 22.6 Å². The highest BCUT2D eigenvalue weighted by Crippen LogP contribution is 2.28. The van der Waals surface area contributed by atoms with Crippen LogP contribution in [0, 0.1) is 0 Å². The van der Waals surface area contributed by atoms with Crippen molar-refractivity contribution in [2.24, 2.45) is 0 Å². The van der Waals surface area contributed by atoms with Gasteiger partial charge in [0.25, 0.3) is 0 Å². The summed E-state index contributed by atoms with van der Waals surface area (Å²) in [7, 11) is 0. The SMILES string of the molecule is CC(c1ccc(-c2cn3cc(-c4ccc(CO)o4)ccc3n2)cc1)N1CCCC1. The first-order chi connectivity index (χ1) is 14.2. The molecule has 5 rings (SSSR count). The number of fused-ring (bicyclic) bond motifs is 1. The van der Waals surface area contributed by atoms with Gasteiger partial charge in [-0.25, -0.2) is 4.98 Å². The van der Waals surface area contributed by atoms with Crippen molar-refractivity contribution < 1.29 is 9.52 Å². The molecule has 148 valence electrons. The fourth-order valence-electron chi connectivity index (χ4n) is 4.17. The van der Waals surface area contributed by atoms with Crippen LogP contribution in [0.15, 0.2) is 65.3 Å². The van der Waals surface area contributed by atoms with Gasteiger partial charge in [-0.3, -0.25) is 4.90 Å². The normalized spacial score (nSPS) is 15.9. The molecule has 0 saturated carbocycles. The predicted octanol–water partition coefficient (Wildman–Crippen LogP) is 4.91. The first-order valence-electron chi connectivity index (χ1n) is 10.2. The molecule has 1 aliphatic rings. The zero-order chi connectivity index (χ0) is 19.8. The van der Waals surface area contributed by atoms with Crippen molar-refractivity contribution >= 4 is 5.65 Å². The fraction of sp³-hybridized carbons (Fsp3) is 0.292. The van der Waals surface area contributed by atoms with Gasteiger partial charge in [0.1, 0.15) is 23.8 Å². The van der Waals surface area contributed by atoms with E-state index in [-0.39, 0.29) is 6.61 Å². The molecule has 0 bridgehead atoms. The number of hydrogen-bond donors (Lipinski definition) is 1. The number of benzene rings is 1. The van der Waals surface area contributed by atoms with Crippen LogP contribution in [-0.2, 0) is 6.61 Å². The summed E-state index contributed by atoms with van der Waals surface area (Å²) in [5, 5.41) is 9.20. The van der Waals surface area contributed by atoms with E-state index in [1.165, 1.54) is 31.5 Å². The quantitative estimate of drug-likeness (QED) is 0.529. The zero-order valence-electron chi connectivity index (χ0n) is 16.6. The van der Waals surface area contributed by atoms with Crippen LogP contribution in [-0.4, -0.2) is 32.5 Å². The van der Waals surface area contributed by atoms with Crippen molar-refractivity contribution in [1.82, 2.24) is 14.3 Å². The van der Waals surface area contributed by atoms with Gasteiger partial charge in [0.15, 0.2) is 0 Å². The molecule has 1 aliphatic heterocycles. The van der Waals surface area contributed by atoms with Gasteiger partial charge in [0.2, 0.25) is 0 Å². The highest BCUT2D eigenvalue weighted by molar-refractivity contribution is 5.66. The molecule has 1 aromatic carbocycles. The monoisotopic (exact) mass is 387 g/mol. The topological polar surface area (TPSA) is 53.9 Å². The van der Waals surface area contributed by atoms with Gasteiger partial charge in [-0.2, -0.15) is 0 Å². The third-order valence-electron chi connectivity index (χ3n) is 5.93. The fourth-order valence-corrected chi connectivity index (χ4v) is 4.17. The molecule has 0 spiro atoms. The number of nitrogens with zero attached hydrogens (tertiary/aromatic N) is 3. The van der Waals surface area contributed by atoms with E-state index >= 15 is 0 Å². The number of hydrogen-bond acceptors (Lipinski definition) is 4. The molecule has 5 heteroatoms. The Balaban J connectivity index is 1.41. The molecule has 4 aromatic rings. The summed E-state index contributed by atoms with van der Waals surface area (Å²) in [5.74, 6) is 1.31. The van der Waals surface area contributed by atoms with E-state index in [1.54, 1.807) is 6.07 Å². The van der Waals surface area contributed by atoms with Gasteiger partial charge in [-0.15, -0.1) is 0 Å². The Morgan fingerprint density at radius 1 is 0.966 bits per heavy atom. The van der Waals surface area contributed by atoms with Crippen LogP contribution in [0.25, 0.3) is 28.2 Å². The summed E-state index contributed by atoms with van der Waals surface area (Å²) < 4.78 is 7.67. The lowest BCUT2D eigenvalue weighted by molar-refractivity contribution is 0.248. The summed E-state index contributed by atoms with van der Waals surface area (Å²) in [4.78, 5) is 7.33. The summed E-state index contributed by atoms with van der Waals surface area (Å²) in [6.07, 6.45) is 6.68. The third kappa shape index (κ3) is 3.48. The molecule has 0 aliphatic carbocycles. The average Bonchev–Trinajstić information content (AvgIpc) is 3.53. The van der Waals surface area contributed by atoms with E-state index in [4.69, 9.17) is 9.40 Å². The van der Waals surface area contributed by atoms with E-state index in [0.717, 1.165) is 28.2 Å². The lowest BCUT2D eigenvalue weighted by Gasteiger charge is -2.24. The average molecular weight is 387 g/mol. The Morgan fingerprint density at radius 2 is 1.72 bits per heavy atom. The summed E-state index contributed by atoms with van der Waals surface area (Å²) >= 11 is 0. The number of rotatable bonds is 5. The number of aliphatic hydroxyl groups is 1. The maximum Gasteiger partial charge on any atom is 0.137 e. The molecule has 1 saturated heterocycles. The van der Waals surface area contributed by atoms with E-state index in [2.05, 4.69) is 36.1 Å². The van der Waals surface area contributed by atoms with Crippen LogP contribution < -0.4 is 0 Å². The Bertz CT molecular complexity index is 1120. The lowest BCUT2D eigenvalue weighted by Crippen LogP contribution is -2.23. The number of pyridine rings is 1. The van der Waals surface area contributed by atoms with E-state index in [9.17, 15) is 5.11 Å². The molecular formula is C24H25N3O2. The van der Waals surface area contributed by atoms with Gasteiger partial charge in [-0.1, -0.05) is 24.3 Å². The molecule has 1 N–H and O–H groups in total. The van der Waals surface area contributed by atoms with Crippen LogP contribution >= 0.6 is 0 Å². The summed E-state index contributed by atoms with van der Waals surface area (Å²) in [6.45, 7) is 4.60. The Kier molecular flexibility index (Phi) is 4.70. The molecule has 1 unspecified atom stereocenters. The van der Waals surface area contributed by atoms with E-state index in [0.29, 0.717) is 11.8 Å². The highest BCUT2D eigenvalue weighted by Gasteiger charge is 2.19. The molecule has 0 radical (unpaired) electrons. The lowest BCUT2D eigenvalue weighted by atomic mass is 10.0. The number of furan rings is 1. The Labute approximate surface area is 170 Å². The van der Waals surface area contributed by atoms with Gasteiger partial charge >= 0.3 is 0 Å². The van der Waals surface area contributed by atoms with Crippen molar-refractivity contribution in [3.63, 3.8) is 0 Å². The minimum Gasteiger partial charge on any atom is -0.459 e. The van der Waals surface area contributed by atoms with Crippen molar-refractivity contribution in [2.75, 3.05) is 13.1 Å². The maximum absolute atomic E-state index is 9.20. The smallest absolute Gasteiger partial charge is 0.137 e. The predicted molar refractivity (Wildman–Crippen MR) is 113 cm³/mol. The second-order valence-electron chi connectivity index (χ2n) is 7.77. The van der Waals surface area contributed by atoms with Crippen molar-refractivity contribution in [3.05, 3.63) is 72.2 Å². The Morgan fingerprint density at radius 3 is 2.45 bits per heavy atom. The molecule has 5 nitrogen and oxygen atoms in total. The number of imidazole rings is 1. The third-order valence-corrected chi connectivity index (χ3v) is 5.93. The summed E-state index contributed by atoms with van der Waals surface area (Å²) in [5.41, 5.74) is 5.29. The second-order valence-corrected chi connectivity index (χ2v) is 7.77. The number of aliphatic hydroxyl groups excluding tert-OH is 1. The molecule has 0 amide bonds. The van der Waals surface area contributed by atoms with Crippen LogP contribution in [0.5, 0.6) is 0 Å². The van der Waals surface area contributed by atoms with E-state index < -0.39 is 0 Å². The molecule has 1 atom stereocenters. The molecule has 29 heavy (non-hydrogen) atoms. The van der Waals surface area contributed by atoms with Crippen LogP contribution in [0.3, 0.4) is 0 Å². The van der Waals surface area contributed by atoms with Crippen molar-refractivity contribution in [1.29, 1.82) is 0 Å². The van der Waals surface area contributed by atoms with Gasteiger partial charge in [-0.05, 0) is 62.7 Å². The summed E-state index contributed by atoms with van der Waals surface area (Å²) in [6, 6.07) is 16.9. The van der Waals surface area contributed by atoms with Crippen LogP contribution in [0.4, 0.5) is 0 Å².